The molecule has 1 aliphatic carbocycles. The van der Waals surface area contributed by atoms with E-state index in [0.717, 1.165) is 72.4 Å². The van der Waals surface area contributed by atoms with Crippen molar-refractivity contribution in [3.8, 4) is 35.0 Å². The molecule has 0 radical (unpaired) electrons. The van der Waals surface area contributed by atoms with Gasteiger partial charge in [0.05, 0.1) is 57.1 Å². The molecular formula is C47H33N5. The first-order chi connectivity index (χ1) is 25.5. The predicted molar refractivity (Wildman–Crippen MR) is 212 cm³/mol. The molecule has 1 atom stereocenters. The Morgan fingerprint density at radius 1 is 0.769 bits per heavy atom. The molecule has 5 heteroatoms. The quantitative estimate of drug-likeness (QED) is 0.166. The molecule has 0 fully saturated rings. The number of fused-ring (bicyclic) bond motifs is 6. The Labute approximate surface area is 302 Å². The number of allylic oxidation sites excluding steroid dienone is 6. The van der Waals surface area contributed by atoms with Gasteiger partial charge in [-0.15, -0.1) is 0 Å². The molecule has 0 spiro atoms. The molecule has 5 aromatic carbocycles. The highest BCUT2D eigenvalue weighted by Gasteiger charge is 2.26. The molecule has 0 bridgehead atoms. The molecule has 2 heterocycles. The number of para-hydroxylation sites is 2. The molecule has 2 aromatic heterocycles. The van der Waals surface area contributed by atoms with Crippen LogP contribution in [-0.4, -0.2) is 9.13 Å². The number of hydrogen-bond acceptors (Lipinski definition) is 3. The van der Waals surface area contributed by atoms with E-state index >= 15 is 0 Å². The molecular weight excluding hydrogens is 635 g/mol. The first kappa shape index (κ1) is 32.1. The number of nitriles is 3. The number of benzene rings is 5. The van der Waals surface area contributed by atoms with Crippen LogP contribution in [0.25, 0.3) is 66.9 Å². The monoisotopic (exact) mass is 667 g/mol. The van der Waals surface area contributed by atoms with Crippen LogP contribution in [-0.2, 0) is 6.42 Å². The van der Waals surface area contributed by atoms with E-state index in [4.69, 9.17) is 0 Å². The van der Waals surface area contributed by atoms with Crippen LogP contribution in [0.15, 0.2) is 140 Å². The highest BCUT2D eigenvalue weighted by molar-refractivity contribution is 6.13. The highest BCUT2D eigenvalue weighted by atomic mass is 15.0. The van der Waals surface area contributed by atoms with Gasteiger partial charge in [-0.1, -0.05) is 91.5 Å². The van der Waals surface area contributed by atoms with Gasteiger partial charge in [-0.3, -0.25) is 0 Å². The van der Waals surface area contributed by atoms with Gasteiger partial charge in [-0.25, -0.2) is 0 Å². The lowest BCUT2D eigenvalue weighted by molar-refractivity contribution is 0.809. The van der Waals surface area contributed by atoms with Crippen LogP contribution in [0.4, 0.5) is 0 Å². The minimum Gasteiger partial charge on any atom is -0.309 e. The summed E-state index contributed by atoms with van der Waals surface area (Å²) in [5.41, 5.74) is 12.4. The van der Waals surface area contributed by atoms with Crippen molar-refractivity contribution >= 4 is 50.1 Å². The van der Waals surface area contributed by atoms with Crippen molar-refractivity contribution in [3.63, 3.8) is 0 Å². The minimum absolute atomic E-state index is 0.265. The minimum atomic E-state index is -0.265. The second kappa shape index (κ2) is 13.0. The zero-order valence-electron chi connectivity index (χ0n) is 28.9. The van der Waals surface area contributed by atoms with Crippen LogP contribution in [0.5, 0.6) is 0 Å². The van der Waals surface area contributed by atoms with E-state index in [1.807, 2.05) is 74.5 Å². The van der Waals surface area contributed by atoms with Gasteiger partial charge in [0.15, 0.2) is 0 Å². The molecule has 0 amide bonds. The van der Waals surface area contributed by atoms with E-state index in [9.17, 15) is 15.8 Å². The van der Waals surface area contributed by atoms with Gasteiger partial charge in [-0.05, 0) is 91.1 Å². The molecule has 0 N–H and O–H groups in total. The summed E-state index contributed by atoms with van der Waals surface area (Å²) in [6, 6.07) is 44.1. The van der Waals surface area contributed by atoms with E-state index in [1.165, 1.54) is 10.8 Å². The van der Waals surface area contributed by atoms with Gasteiger partial charge in [0, 0.05) is 33.0 Å². The number of rotatable bonds is 6. The van der Waals surface area contributed by atoms with Crippen LogP contribution in [0, 0.1) is 39.9 Å². The number of aromatic nitrogens is 2. The zero-order valence-corrected chi connectivity index (χ0v) is 28.9. The lowest BCUT2D eigenvalue weighted by atomic mass is 9.87. The highest BCUT2D eigenvalue weighted by Crippen LogP contribution is 2.43. The Morgan fingerprint density at radius 3 is 2.13 bits per heavy atom. The summed E-state index contributed by atoms with van der Waals surface area (Å²) in [7, 11) is 0. The summed E-state index contributed by atoms with van der Waals surface area (Å²) in [5, 5.41) is 33.8. The van der Waals surface area contributed by atoms with Crippen molar-refractivity contribution in [2.75, 3.05) is 0 Å². The maximum absolute atomic E-state index is 11.0. The standard InChI is InChI=1S/C47H33N5/c1-4-12-46(52-41-18-9-7-14-35(41)36-15-8-10-19-42(36)52)47(30(2)3)37-16-6-5-13-33(37)34-17-11-20-43(40(34)29-50)51-44-23-21-31(27-48)25-38(44)39-26-32(28-49)22-24-45(39)51/h4-25,32H,2,26H2,1,3H3/b12-4-,47-46-. The van der Waals surface area contributed by atoms with E-state index in [-0.39, 0.29) is 5.92 Å². The van der Waals surface area contributed by atoms with Gasteiger partial charge in [0.25, 0.3) is 0 Å². The molecule has 0 saturated carbocycles. The molecule has 7 aromatic rings. The van der Waals surface area contributed by atoms with Crippen molar-refractivity contribution in [1.82, 2.24) is 9.13 Å². The summed E-state index contributed by atoms with van der Waals surface area (Å²) in [5.74, 6) is -0.265. The molecule has 5 nitrogen and oxygen atoms in total. The Morgan fingerprint density at radius 2 is 1.46 bits per heavy atom. The Bertz CT molecular complexity index is 2790. The second-order valence-electron chi connectivity index (χ2n) is 13.1. The van der Waals surface area contributed by atoms with E-state index < -0.39 is 0 Å². The second-order valence-corrected chi connectivity index (χ2v) is 13.1. The third-order valence-corrected chi connectivity index (χ3v) is 10.0. The summed E-state index contributed by atoms with van der Waals surface area (Å²) in [6.45, 7) is 8.59. The summed E-state index contributed by atoms with van der Waals surface area (Å²) >= 11 is 0. The van der Waals surface area contributed by atoms with Gasteiger partial charge in [0.1, 0.15) is 6.07 Å². The summed E-state index contributed by atoms with van der Waals surface area (Å²) < 4.78 is 4.43. The Kier molecular flexibility index (Phi) is 8.00. The van der Waals surface area contributed by atoms with Crippen molar-refractivity contribution in [2.45, 2.75) is 20.3 Å². The van der Waals surface area contributed by atoms with Gasteiger partial charge in [0.2, 0.25) is 0 Å². The molecule has 0 saturated heterocycles. The predicted octanol–water partition coefficient (Wildman–Crippen LogP) is 11.4. The topological polar surface area (TPSA) is 81.2 Å². The number of hydrogen-bond donors (Lipinski definition) is 0. The maximum atomic E-state index is 11.0. The zero-order chi connectivity index (χ0) is 35.9. The van der Waals surface area contributed by atoms with Crippen LogP contribution in [0.3, 0.4) is 0 Å². The molecule has 52 heavy (non-hydrogen) atoms. The SMILES string of the molecule is C=C(C)/C(=C(\C=C/C)n1c2ccccc2c2ccccc21)c1ccccc1-c1cccc(-n2c3c(c4cc(C#N)ccc42)CC(C#N)C=C3)c1C#N. The average molecular weight is 668 g/mol. The summed E-state index contributed by atoms with van der Waals surface area (Å²) in [6.07, 6.45) is 8.66. The normalized spacial score (nSPS) is 14.2. The third-order valence-electron chi connectivity index (χ3n) is 10.0. The molecule has 246 valence electrons. The van der Waals surface area contributed by atoms with E-state index in [2.05, 4.69) is 107 Å². The molecule has 8 rings (SSSR count). The first-order valence-corrected chi connectivity index (χ1v) is 17.3. The largest absolute Gasteiger partial charge is 0.309 e. The van der Waals surface area contributed by atoms with Crippen molar-refractivity contribution in [1.29, 1.82) is 15.8 Å². The Hall–Kier alpha value is -7.13. The first-order valence-electron chi connectivity index (χ1n) is 17.3. The molecule has 0 aliphatic heterocycles. The molecule has 1 unspecified atom stereocenters. The Balaban J connectivity index is 1.42. The van der Waals surface area contributed by atoms with Crippen LogP contribution >= 0.6 is 0 Å². The average Bonchev–Trinajstić information content (AvgIpc) is 3.69. The smallest absolute Gasteiger partial charge is 0.102 e. The van der Waals surface area contributed by atoms with Gasteiger partial charge in [-0.2, -0.15) is 15.8 Å². The number of nitrogens with zero attached hydrogens (tertiary/aromatic N) is 5. The van der Waals surface area contributed by atoms with Crippen molar-refractivity contribution in [3.05, 3.63) is 168 Å². The third kappa shape index (κ3) is 4.98. The maximum Gasteiger partial charge on any atom is 0.102 e. The van der Waals surface area contributed by atoms with Gasteiger partial charge >= 0.3 is 0 Å². The van der Waals surface area contributed by atoms with E-state index in [1.54, 1.807) is 0 Å². The van der Waals surface area contributed by atoms with Crippen molar-refractivity contribution in [2.24, 2.45) is 5.92 Å². The van der Waals surface area contributed by atoms with Crippen LogP contribution in [0.1, 0.15) is 41.8 Å². The fourth-order valence-electron chi connectivity index (χ4n) is 7.88. The fraction of sp³-hybridized carbons (Fsp3) is 0.0851. The summed E-state index contributed by atoms with van der Waals surface area (Å²) in [4.78, 5) is 0. The van der Waals surface area contributed by atoms with Crippen LogP contribution in [0.2, 0.25) is 0 Å². The molecule has 1 aliphatic rings. The lowest BCUT2D eigenvalue weighted by Gasteiger charge is -2.21. The fourth-order valence-corrected chi connectivity index (χ4v) is 7.88. The lowest BCUT2D eigenvalue weighted by Crippen LogP contribution is -2.08. The van der Waals surface area contributed by atoms with Crippen LogP contribution < -0.4 is 0 Å². The van der Waals surface area contributed by atoms with E-state index in [0.29, 0.717) is 17.5 Å². The van der Waals surface area contributed by atoms with Gasteiger partial charge < -0.3 is 9.13 Å². The van der Waals surface area contributed by atoms with Crippen molar-refractivity contribution < 1.29 is 0 Å².